The second-order valence-electron chi connectivity index (χ2n) is 3.59. The molecule has 0 aliphatic carbocycles. The van der Waals surface area contributed by atoms with Gasteiger partial charge in [0.05, 0.1) is 5.56 Å². The smallest absolute Gasteiger partial charge is 0.133 e. The minimum atomic E-state index is 0.0195. The highest BCUT2D eigenvalue weighted by Crippen LogP contribution is 2.18. The SMILES string of the molecule is Cn1ccnc1Cc1ccc(O)c(C#N)c1. The zero-order valence-electron chi connectivity index (χ0n) is 8.88. The van der Waals surface area contributed by atoms with E-state index in [9.17, 15) is 5.11 Å². The van der Waals surface area contributed by atoms with E-state index in [1.54, 1.807) is 18.3 Å². The summed E-state index contributed by atoms with van der Waals surface area (Å²) in [6.45, 7) is 0. The summed E-state index contributed by atoms with van der Waals surface area (Å²) in [7, 11) is 1.92. The van der Waals surface area contributed by atoms with Crippen molar-refractivity contribution in [3.05, 3.63) is 47.5 Å². The van der Waals surface area contributed by atoms with Gasteiger partial charge in [-0.2, -0.15) is 5.26 Å². The fourth-order valence-electron chi connectivity index (χ4n) is 1.53. The highest BCUT2D eigenvalue weighted by Gasteiger charge is 2.05. The number of phenolic OH excluding ortho intramolecular Hbond substituents is 1. The van der Waals surface area contributed by atoms with Crippen LogP contribution in [0.25, 0.3) is 0 Å². The molecule has 1 heterocycles. The maximum Gasteiger partial charge on any atom is 0.133 e. The van der Waals surface area contributed by atoms with Crippen LogP contribution in [0.3, 0.4) is 0 Å². The van der Waals surface area contributed by atoms with Crippen LogP contribution in [0, 0.1) is 11.3 Å². The molecule has 0 atom stereocenters. The normalized spacial score (nSPS) is 10.0. The van der Waals surface area contributed by atoms with Gasteiger partial charge in [0.1, 0.15) is 17.6 Å². The molecule has 4 heteroatoms. The molecule has 0 radical (unpaired) electrons. The predicted octanol–water partition coefficient (Wildman–Crippen LogP) is 1.59. The lowest BCUT2D eigenvalue weighted by molar-refractivity contribution is 0.473. The molecule has 0 spiro atoms. The molecule has 0 saturated heterocycles. The average molecular weight is 213 g/mol. The maximum atomic E-state index is 9.37. The Morgan fingerprint density at radius 2 is 2.31 bits per heavy atom. The Balaban J connectivity index is 2.30. The van der Waals surface area contributed by atoms with E-state index in [-0.39, 0.29) is 5.75 Å². The summed E-state index contributed by atoms with van der Waals surface area (Å²) < 4.78 is 1.93. The Labute approximate surface area is 93.4 Å². The topological polar surface area (TPSA) is 61.8 Å². The van der Waals surface area contributed by atoms with Crippen LogP contribution >= 0.6 is 0 Å². The van der Waals surface area contributed by atoms with Crippen molar-refractivity contribution in [2.24, 2.45) is 7.05 Å². The first-order valence-corrected chi connectivity index (χ1v) is 4.89. The van der Waals surface area contributed by atoms with E-state index in [4.69, 9.17) is 5.26 Å². The number of hydrogen-bond donors (Lipinski definition) is 1. The van der Waals surface area contributed by atoms with Crippen molar-refractivity contribution in [1.29, 1.82) is 5.26 Å². The Morgan fingerprint density at radius 3 is 2.94 bits per heavy atom. The molecule has 16 heavy (non-hydrogen) atoms. The number of nitriles is 1. The molecule has 0 amide bonds. The summed E-state index contributed by atoms with van der Waals surface area (Å²) in [6, 6.07) is 6.97. The number of phenols is 1. The van der Waals surface area contributed by atoms with Gasteiger partial charge in [-0.25, -0.2) is 4.98 Å². The molecule has 80 valence electrons. The van der Waals surface area contributed by atoms with Gasteiger partial charge in [-0.3, -0.25) is 0 Å². The van der Waals surface area contributed by atoms with E-state index >= 15 is 0 Å². The van der Waals surface area contributed by atoms with Gasteiger partial charge >= 0.3 is 0 Å². The number of aromatic nitrogens is 2. The Hall–Kier alpha value is -2.28. The molecule has 0 bridgehead atoms. The van der Waals surface area contributed by atoms with E-state index < -0.39 is 0 Å². The molecule has 0 fully saturated rings. The van der Waals surface area contributed by atoms with Gasteiger partial charge in [-0.15, -0.1) is 0 Å². The number of rotatable bonds is 2. The van der Waals surface area contributed by atoms with Crippen LogP contribution in [0.4, 0.5) is 0 Å². The second kappa shape index (κ2) is 4.07. The van der Waals surface area contributed by atoms with Crippen molar-refractivity contribution in [3.63, 3.8) is 0 Å². The highest BCUT2D eigenvalue weighted by molar-refractivity contribution is 5.44. The largest absolute Gasteiger partial charge is 0.507 e. The molecule has 2 aromatic rings. The highest BCUT2D eigenvalue weighted by atomic mass is 16.3. The maximum absolute atomic E-state index is 9.37. The van der Waals surface area contributed by atoms with Crippen LogP contribution in [0.15, 0.2) is 30.6 Å². The van der Waals surface area contributed by atoms with Crippen LogP contribution < -0.4 is 0 Å². The lowest BCUT2D eigenvalue weighted by atomic mass is 10.1. The third-order valence-electron chi connectivity index (χ3n) is 2.46. The van der Waals surface area contributed by atoms with Crippen molar-refractivity contribution < 1.29 is 5.11 Å². The molecule has 1 aromatic carbocycles. The first-order chi connectivity index (χ1) is 7.70. The summed E-state index contributed by atoms with van der Waals surface area (Å²) in [5, 5.41) is 18.2. The van der Waals surface area contributed by atoms with E-state index in [2.05, 4.69) is 4.98 Å². The monoisotopic (exact) mass is 213 g/mol. The summed E-state index contributed by atoms with van der Waals surface area (Å²) in [6.07, 6.45) is 4.26. The number of benzene rings is 1. The van der Waals surface area contributed by atoms with Crippen LogP contribution in [-0.4, -0.2) is 14.7 Å². The van der Waals surface area contributed by atoms with Gasteiger partial charge < -0.3 is 9.67 Å². The first-order valence-electron chi connectivity index (χ1n) is 4.89. The van der Waals surface area contributed by atoms with Crippen LogP contribution in [-0.2, 0) is 13.5 Å². The van der Waals surface area contributed by atoms with E-state index in [1.165, 1.54) is 6.07 Å². The van der Waals surface area contributed by atoms with Gasteiger partial charge in [0, 0.05) is 25.9 Å². The van der Waals surface area contributed by atoms with E-state index in [1.807, 2.05) is 23.9 Å². The molecule has 0 aliphatic heterocycles. The summed E-state index contributed by atoms with van der Waals surface area (Å²) in [5.74, 6) is 0.945. The molecule has 0 aliphatic rings. The molecule has 4 nitrogen and oxygen atoms in total. The van der Waals surface area contributed by atoms with Crippen molar-refractivity contribution in [2.75, 3.05) is 0 Å². The van der Waals surface area contributed by atoms with Crippen molar-refractivity contribution in [3.8, 4) is 11.8 Å². The molecule has 0 unspecified atom stereocenters. The molecule has 0 saturated carbocycles. The van der Waals surface area contributed by atoms with Crippen molar-refractivity contribution in [1.82, 2.24) is 9.55 Å². The molecule has 1 aromatic heterocycles. The van der Waals surface area contributed by atoms with Crippen LogP contribution in [0.2, 0.25) is 0 Å². The van der Waals surface area contributed by atoms with Gasteiger partial charge in [0.25, 0.3) is 0 Å². The lowest BCUT2D eigenvalue weighted by Gasteiger charge is -2.03. The summed E-state index contributed by atoms with van der Waals surface area (Å²) in [4.78, 5) is 4.21. The molecule has 2 rings (SSSR count). The minimum absolute atomic E-state index is 0.0195. The third-order valence-corrected chi connectivity index (χ3v) is 2.46. The number of nitrogens with zero attached hydrogens (tertiary/aromatic N) is 3. The molecular weight excluding hydrogens is 202 g/mol. The van der Waals surface area contributed by atoms with Gasteiger partial charge in [0.2, 0.25) is 0 Å². The van der Waals surface area contributed by atoms with Crippen LogP contribution in [0.1, 0.15) is 17.0 Å². The second-order valence-corrected chi connectivity index (χ2v) is 3.59. The minimum Gasteiger partial charge on any atom is -0.507 e. The van der Waals surface area contributed by atoms with Crippen molar-refractivity contribution >= 4 is 0 Å². The molecular formula is C12H11N3O. The summed E-state index contributed by atoms with van der Waals surface area (Å²) in [5.41, 5.74) is 1.26. The fourth-order valence-corrected chi connectivity index (χ4v) is 1.53. The Morgan fingerprint density at radius 1 is 1.50 bits per heavy atom. The zero-order chi connectivity index (χ0) is 11.5. The van der Waals surface area contributed by atoms with E-state index in [0.717, 1.165) is 11.4 Å². The zero-order valence-corrected chi connectivity index (χ0v) is 8.88. The van der Waals surface area contributed by atoms with E-state index in [0.29, 0.717) is 12.0 Å². The summed E-state index contributed by atoms with van der Waals surface area (Å²) >= 11 is 0. The first kappa shape index (κ1) is 10.2. The lowest BCUT2D eigenvalue weighted by Crippen LogP contribution is -1.98. The quantitative estimate of drug-likeness (QED) is 0.824. The third kappa shape index (κ3) is 1.89. The van der Waals surface area contributed by atoms with Crippen molar-refractivity contribution in [2.45, 2.75) is 6.42 Å². The Kier molecular flexibility index (Phi) is 2.61. The fraction of sp³-hybridized carbons (Fsp3) is 0.167. The number of aromatic hydroxyl groups is 1. The average Bonchev–Trinajstić information content (AvgIpc) is 2.67. The van der Waals surface area contributed by atoms with Gasteiger partial charge in [-0.05, 0) is 17.7 Å². The molecule has 1 N–H and O–H groups in total. The van der Waals surface area contributed by atoms with Gasteiger partial charge in [0.15, 0.2) is 0 Å². The number of imidazole rings is 1. The number of aryl methyl sites for hydroxylation is 1. The predicted molar refractivity (Wildman–Crippen MR) is 58.8 cm³/mol. The van der Waals surface area contributed by atoms with Crippen LogP contribution in [0.5, 0.6) is 5.75 Å². The standard InChI is InChI=1S/C12H11N3O/c1-15-5-4-14-12(15)7-9-2-3-11(16)10(6-9)8-13/h2-6,16H,7H2,1H3. The number of hydrogen-bond acceptors (Lipinski definition) is 3. The van der Waals surface area contributed by atoms with Gasteiger partial charge in [-0.1, -0.05) is 6.07 Å². The Bertz CT molecular complexity index is 552.